The topological polar surface area (TPSA) is 70.1 Å². The summed E-state index contributed by atoms with van der Waals surface area (Å²) in [4.78, 5) is 28.2. The summed E-state index contributed by atoms with van der Waals surface area (Å²) in [5.41, 5.74) is 0.743. The van der Waals surface area contributed by atoms with E-state index in [-0.39, 0.29) is 12.5 Å². The Morgan fingerprint density at radius 1 is 1.17 bits per heavy atom. The summed E-state index contributed by atoms with van der Waals surface area (Å²) < 4.78 is 5.89. The second kappa shape index (κ2) is 6.43. The molecule has 1 atom stereocenters. The largest absolute Gasteiger partial charge is 0.480 e. The number of carbonyl (C=O) groups is 2. The summed E-state index contributed by atoms with van der Waals surface area (Å²) in [5, 5.41) is 9.53. The summed E-state index contributed by atoms with van der Waals surface area (Å²) >= 11 is 0. The molecule has 2 aliphatic rings. The molecule has 0 aromatic heterocycles. The van der Waals surface area contributed by atoms with Gasteiger partial charge in [-0.2, -0.15) is 0 Å². The van der Waals surface area contributed by atoms with Crippen molar-refractivity contribution in [2.24, 2.45) is 0 Å². The first-order valence-corrected chi connectivity index (χ1v) is 8.42. The predicted molar refractivity (Wildman–Crippen MR) is 90.1 cm³/mol. The summed E-state index contributed by atoms with van der Waals surface area (Å²) in [6, 6.07) is 6.33. The Morgan fingerprint density at radius 2 is 1.79 bits per heavy atom. The van der Waals surface area contributed by atoms with E-state index >= 15 is 0 Å². The number of hydrogen-bond acceptors (Lipinski definition) is 4. The molecular formula is C18H24N2O4. The van der Waals surface area contributed by atoms with Gasteiger partial charge in [-0.05, 0) is 49.9 Å². The fraction of sp³-hybridized carbons (Fsp3) is 0.556. The molecule has 1 heterocycles. The third kappa shape index (κ3) is 2.86. The van der Waals surface area contributed by atoms with E-state index in [2.05, 4.69) is 0 Å². The number of anilines is 1. The average Bonchev–Trinajstić information content (AvgIpc) is 2.93. The maximum Gasteiger partial charge on any atom is 0.328 e. The Balaban J connectivity index is 1.92. The highest BCUT2D eigenvalue weighted by atomic mass is 16.5. The lowest BCUT2D eigenvalue weighted by atomic mass is 9.89. The van der Waals surface area contributed by atoms with Crippen LogP contribution in [0.2, 0.25) is 0 Å². The van der Waals surface area contributed by atoms with Gasteiger partial charge in [-0.1, -0.05) is 6.42 Å². The monoisotopic (exact) mass is 332 g/mol. The quantitative estimate of drug-likeness (QED) is 0.920. The van der Waals surface area contributed by atoms with Crippen LogP contribution in [-0.2, 0) is 9.53 Å². The van der Waals surface area contributed by atoms with Crippen molar-refractivity contribution in [3.8, 4) is 0 Å². The van der Waals surface area contributed by atoms with E-state index < -0.39 is 17.7 Å². The number of nitrogens with zero attached hydrogens (tertiary/aromatic N) is 2. The van der Waals surface area contributed by atoms with E-state index in [0.29, 0.717) is 18.4 Å². The van der Waals surface area contributed by atoms with Gasteiger partial charge in [-0.25, -0.2) is 4.79 Å². The van der Waals surface area contributed by atoms with Crippen molar-refractivity contribution in [2.75, 3.05) is 25.6 Å². The standard InChI is InChI=1S/C18H24N2O4/c1-19(2)14-8-6-13(7-9-14)16(21)20-15(17(22)23)12-24-18(20)10-4-3-5-11-18/h6-9,15H,3-5,10-12H2,1-2H3,(H,22,23)/t15-/m0/s1. The van der Waals surface area contributed by atoms with Gasteiger partial charge in [0.2, 0.25) is 0 Å². The Hall–Kier alpha value is -2.08. The number of aliphatic carboxylic acids is 1. The van der Waals surface area contributed by atoms with Gasteiger partial charge < -0.3 is 14.7 Å². The molecule has 1 aliphatic carbocycles. The molecule has 1 amide bonds. The van der Waals surface area contributed by atoms with Crippen molar-refractivity contribution in [1.29, 1.82) is 0 Å². The first-order chi connectivity index (χ1) is 11.4. The van der Waals surface area contributed by atoms with Crippen molar-refractivity contribution in [1.82, 2.24) is 4.90 Å². The number of carboxylic acid groups (broad SMARTS) is 1. The number of amides is 1. The third-order valence-electron chi connectivity index (χ3n) is 5.03. The zero-order valence-electron chi connectivity index (χ0n) is 14.2. The van der Waals surface area contributed by atoms with E-state index in [1.54, 1.807) is 12.1 Å². The summed E-state index contributed by atoms with van der Waals surface area (Å²) in [6.07, 6.45) is 4.42. The van der Waals surface area contributed by atoms with Crippen LogP contribution in [0.25, 0.3) is 0 Å². The smallest absolute Gasteiger partial charge is 0.328 e. The molecule has 3 rings (SSSR count). The number of carboxylic acids is 1. The van der Waals surface area contributed by atoms with Crippen LogP contribution in [0.1, 0.15) is 42.5 Å². The van der Waals surface area contributed by atoms with Crippen LogP contribution >= 0.6 is 0 Å². The lowest BCUT2D eigenvalue weighted by molar-refractivity contribution is -0.143. The van der Waals surface area contributed by atoms with E-state index in [4.69, 9.17) is 4.74 Å². The fourth-order valence-corrected chi connectivity index (χ4v) is 3.70. The van der Waals surface area contributed by atoms with Gasteiger partial charge in [0, 0.05) is 25.3 Å². The first-order valence-electron chi connectivity index (χ1n) is 8.42. The Bertz CT molecular complexity index is 620. The molecule has 24 heavy (non-hydrogen) atoms. The SMILES string of the molecule is CN(C)c1ccc(C(=O)N2[C@H](C(=O)O)COC23CCCCC3)cc1. The van der Waals surface area contributed by atoms with Crippen LogP contribution in [-0.4, -0.2) is 54.4 Å². The summed E-state index contributed by atoms with van der Waals surface area (Å²) in [7, 11) is 3.87. The van der Waals surface area contributed by atoms with Crippen LogP contribution in [0.15, 0.2) is 24.3 Å². The van der Waals surface area contributed by atoms with Crippen LogP contribution in [0.5, 0.6) is 0 Å². The van der Waals surface area contributed by atoms with E-state index in [0.717, 1.165) is 24.9 Å². The van der Waals surface area contributed by atoms with Crippen LogP contribution in [0, 0.1) is 0 Å². The molecule has 1 aromatic rings. The predicted octanol–water partition coefficient (Wildman–Crippen LogP) is 2.34. The highest BCUT2D eigenvalue weighted by Crippen LogP contribution is 2.41. The molecule has 1 spiro atoms. The molecular weight excluding hydrogens is 308 g/mol. The molecule has 1 aliphatic heterocycles. The normalized spacial score (nSPS) is 22.6. The van der Waals surface area contributed by atoms with Gasteiger partial charge in [0.15, 0.2) is 6.04 Å². The molecule has 130 valence electrons. The minimum Gasteiger partial charge on any atom is -0.480 e. The first kappa shape index (κ1) is 16.8. The second-order valence-electron chi connectivity index (χ2n) is 6.79. The molecule has 1 saturated heterocycles. The maximum absolute atomic E-state index is 13.1. The molecule has 1 saturated carbocycles. The molecule has 6 nitrogen and oxygen atoms in total. The van der Waals surface area contributed by atoms with Crippen molar-refractivity contribution < 1.29 is 19.4 Å². The Labute approximate surface area is 142 Å². The van der Waals surface area contributed by atoms with Crippen molar-refractivity contribution in [3.05, 3.63) is 29.8 Å². The van der Waals surface area contributed by atoms with Gasteiger partial charge in [-0.15, -0.1) is 0 Å². The molecule has 0 bridgehead atoms. The Kier molecular flexibility index (Phi) is 4.49. The second-order valence-corrected chi connectivity index (χ2v) is 6.79. The number of hydrogen-bond donors (Lipinski definition) is 1. The van der Waals surface area contributed by atoms with Crippen molar-refractivity contribution >= 4 is 17.6 Å². The van der Waals surface area contributed by atoms with Gasteiger partial charge in [0.25, 0.3) is 5.91 Å². The molecule has 0 radical (unpaired) electrons. The van der Waals surface area contributed by atoms with Crippen LogP contribution < -0.4 is 4.90 Å². The Morgan fingerprint density at radius 3 is 2.33 bits per heavy atom. The highest BCUT2D eigenvalue weighted by molar-refractivity contribution is 5.97. The van der Waals surface area contributed by atoms with Gasteiger partial charge in [0.05, 0.1) is 6.61 Å². The van der Waals surface area contributed by atoms with E-state index in [1.807, 2.05) is 31.1 Å². The zero-order valence-corrected chi connectivity index (χ0v) is 14.2. The summed E-state index contributed by atoms with van der Waals surface area (Å²) in [6.45, 7) is 0.0663. The van der Waals surface area contributed by atoms with E-state index in [9.17, 15) is 14.7 Å². The molecule has 2 fully saturated rings. The van der Waals surface area contributed by atoms with Crippen LogP contribution in [0.4, 0.5) is 5.69 Å². The number of carbonyl (C=O) groups excluding carboxylic acids is 1. The number of rotatable bonds is 3. The fourth-order valence-electron chi connectivity index (χ4n) is 3.70. The highest BCUT2D eigenvalue weighted by Gasteiger charge is 2.53. The number of benzene rings is 1. The average molecular weight is 332 g/mol. The van der Waals surface area contributed by atoms with E-state index in [1.165, 1.54) is 4.90 Å². The van der Waals surface area contributed by atoms with Crippen molar-refractivity contribution in [2.45, 2.75) is 43.9 Å². The number of ether oxygens (including phenoxy) is 1. The molecule has 1 N–H and O–H groups in total. The molecule has 0 unspecified atom stereocenters. The van der Waals surface area contributed by atoms with Gasteiger partial charge >= 0.3 is 5.97 Å². The maximum atomic E-state index is 13.1. The lowest BCUT2D eigenvalue weighted by Crippen LogP contribution is -2.54. The molecule has 6 heteroatoms. The lowest BCUT2D eigenvalue weighted by Gasteiger charge is -2.41. The van der Waals surface area contributed by atoms with Crippen molar-refractivity contribution in [3.63, 3.8) is 0 Å². The van der Waals surface area contributed by atoms with Gasteiger partial charge in [0.1, 0.15) is 5.72 Å². The van der Waals surface area contributed by atoms with Gasteiger partial charge in [-0.3, -0.25) is 9.69 Å². The minimum atomic E-state index is -1.00. The minimum absolute atomic E-state index is 0.0663. The summed E-state index contributed by atoms with van der Waals surface area (Å²) in [5.74, 6) is -1.26. The molecule has 1 aromatic carbocycles. The third-order valence-corrected chi connectivity index (χ3v) is 5.03. The zero-order chi connectivity index (χ0) is 17.3. The van der Waals surface area contributed by atoms with Crippen LogP contribution in [0.3, 0.4) is 0 Å².